The topological polar surface area (TPSA) is 66.4 Å². The number of carboxylic acids is 1. The van der Waals surface area contributed by atoms with Crippen molar-refractivity contribution < 1.29 is 14.7 Å². The van der Waals surface area contributed by atoms with Crippen LogP contribution in [0.25, 0.3) is 0 Å². The summed E-state index contributed by atoms with van der Waals surface area (Å²) >= 11 is 0. The molecule has 62 valence electrons. The molecule has 2 N–H and O–H groups in total. The van der Waals surface area contributed by atoms with Gasteiger partial charge in [0.05, 0.1) is 6.42 Å². The van der Waals surface area contributed by atoms with Gasteiger partial charge in [0.1, 0.15) is 0 Å². The summed E-state index contributed by atoms with van der Waals surface area (Å²) < 4.78 is 0. The second-order valence-corrected chi connectivity index (χ2v) is 2.92. The molecule has 0 bridgehead atoms. The quantitative estimate of drug-likeness (QED) is 0.592. The Morgan fingerprint density at radius 2 is 2.45 bits per heavy atom. The van der Waals surface area contributed by atoms with Gasteiger partial charge in [-0.15, -0.1) is 0 Å². The standard InChI is InChI=1S/C7H11NO3/c1-4-5(3-7(10)11)2-6(9)8-4/h4-5H,2-3H2,1H3,(H,8,9)(H,10,11)/t4-,5-/m0/s1. The molecule has 1 saturated heterocycles. The van der Waals surface area contributed by atoms with Crippen LogP contribution in [0.3, 0.4) is 0 Å². The van der Waals surface area contributed by atoms with E-state index in [2.05, 4.69) is 5.32 Å². The van der Waals surface area contributed by atoms with Crippen LogP contribution < -0.4 is 5.32 Å². The summed E-state index contributed by atoms with van der Waals surface area (Å²) in [6.07, 6.45) is 0.438. The van der Waals surface area contributed by atoms with Crippen LogP contribution in [0.5, 0.6) is 0 Å². The molecular weight excluding hydrogens is 146 g/mol. The Bertz CT molecular complexity index is 190. The van der Waals surface area contributed by atoms with E-state index in [1.165, 1.54) is 0 Å². The molecule has 0 aromatic carbocycles. The van der Waals surface area contributed by atoms with E-state index in [4.69, 9.17) is 5.11 Å². The van der Waals surface area contributed by atoms with Gasteiger partial charge in [0.15, 0.2) is 0 Å². The van der Waals surface area contributed by atoms with Gasteiger partial charge < -0.3 is 10.4 Å². The van der Waals surface area contributed by atoms with Gasteiger partial charge in [-0.25, -0.2) is 0 Å². The molecule has 0 aliphatic carbocycles. The fourth-order valence-electron chi connectivity index (χ4n) is 1.32. The molecule has 2 atom stereocenters. The summed E-state index contributed by atoms with van der Waals surface area (Å²) in [5, 5.41) is 11.1. The van der Waals surface area contributed by atoms with Gasteiger partial charge in [-0.1, -0.05) is 0 Å². The Labute approximate surface area is 64.6 Å². The van der Waals surface area contributed by atoms with Crippen LogP contribution in [0.15, 0.2) is 0 Å². The third kappa shape index (κ3) is 1.93. The maximum atomic E-state index is 10.7. The molecule has 11 heavy (non-hydrogen) atoms. The van der Waals surface area contributed by atoms with E-state index in [1.807, 2.05) is 6.92 Å². The molecule has 4 nitrogen and oxygen atoms in total. The molecule has 1 aliphatic rings. The highest BCUT2D eigenvalue weighted by Crippen LogP contribution is 2.19. The van der Waals surface area contributed by atoms with E-state index in [0.29, 0.717) is 6.42 Å². The zero-order valence-corrected chi connectivity index (χ0v) is 6.33. The summed E-state index contributed by atoms with van der Waals surface area (Å²) in [6, 6.07) is 0.0126. The monoisotopic (exact) mass is 157 g/mol. The number of hydrogen-bond donors (Lipinski definition) is 2. The van der Waals surface area contributed by atoms with Crippen LogP contribution >= 0.6 is 0 Å². The molecule has 0 saturated carbocycles. The van der Waals surface area contributed by atoms with Crippen LogP contribution in [0, 0.1) is 5.92 Å². The van der Waals surface area contributed by atoms with E-state index >= 15 is 0 Å². The van der Waals surface area contributed by atoms with E-state index in [9.17, 15) is 9.59 Å². The summed E-state index contributed by atoms with van der Waals surface area (Å²) in [7, 11) is 0. The molecule has 1 amide bonds. The fraction of sp³-hybridized carbons (Fsp3) is 0.714. The third-order valence-electron chi connectivity index (χ3n) is 1.98. The third-order valence-corrected chi connectivity index (χ3v) is 1.98. The minimum Gasteiger partial charge on any atom is -0.481 e. The van der Waals surface area contributed by atoms with Gasteiger partial charge in [-0.3, -0.25) is 9.59 Å². The SMILES string of the molecule is C[C@@H]1NC(=O)C[C@H]1CC(=O)O. The van der Waals surface area contributed by atoms with Gasteiger partial charge in [0.2, 0.25) is 5.91 Å². The molecule has 0 unspecified atom stereocenters. The Hall–Kier alpha value is -1.06. The highest BCUT2D eigenvalue weighted by molar-refractivity contribution is 5.80. The predicted octanol–water partition coefficient (Wildman–Crippen LogP) is -0.0143. The maximum Gasteiger partial charge on any atom is 0.303 e. The second-order valence-electron chi connectivity index (χ2n) is 2.92. The zero-order valence-electron chi connectivity index (χ0n) is 6.33. The van der Waals surface area contributed by atoms with Gasteiger partial charge in [0.25, 0.3) is 0 Å². The number of rotatable bonds is 2. The highest BCUT2D eigenvalue weighted by atomic mass is 16.4. The van der Waals surface area contributed by atoms with Gasteiger partial charge in [-0.2, -0.15) is 0 Å². The normalized spacial score (nSPS) is 30.1. The Morgan fingerprint density at radius 1 is 1.82 bits per heavy atom. The van der Waals surface area contributed by atoms with Gasteiger partial charge in [-0.05, 0) is 12.8 Å². The van der Waals surface area contributed by atoms with Crippen molar-refractivity contribution in [3.8, 4) is 0 Å². The van der Waals surface area contributed by atoms with Crippen LogP contribution in [0.4, 0.5) is 0 Å². The molecule has 1 rings (SSSR count). The van der Waals surface area contributed by atoms with Crippen LogP contribution in [0.2, 0.25) is 0 Å². The molecular formula is C7H11NO3. The van der Waals surface area contributed by atoms with Crippen molar-refractivity contribution in [1.29, 1.82) is 0 Å². The minimum atomic E-state index is -0.835. The molecule has 1 heterocycles. The Kier molecular flexibility index (Phi) is 2.12. The molecule has 0 aromatic heterocycles. The molecule has 1 aliphatic heterocycles. The molecule has 1 fully saturated rings. The van der Waals surface area contributed by atoms with E-state index in [0.717, 1.165) is 0 Å². The van der Waals surface area contributed by atoms with Gasteiger partial charge >= 0.3 is 5.97 Å². The summed E-state index contributed by atoms with van der Waals surface area (Å²) in [4.78, 5) is 21.0. The minimum absolute atomic E-state index is 0.0126. The molecule has 0 spiro atoms. The number of amides is 1. The van der Waals surface area contributed by atoms with Crippen molar-refractivity contribution in [2.75, 3.05) is 0 Å². The maximum absolute atomic E-state index is 10.7. The largest absolute Gasteiger partial charge is 0.481 e. The van der Waals surface area contributed by atoms with Crippen LogP contribution in [0.1, 0.15) is 19.8 Å². The Morgan fingerprint density at radius 3 is 2.82 bits per heavy atom. The van der Waals surface area contributed by atoms with Crippen molar-refractivity contribution in [3.63, 3.8) is 0 Å². The fourth-order valence-corrected chi connectivity index (χ4v) is 1.32. The zero-order chi connectivity index (χ0) is 8.43. The first-order chi connectivity index (χ1) is 5.09. The lowest BCUT2D eigenvalue weighted by Gasteiger charge is -2.09. The summed E-state index contributed by atoms with van der Waals surface area (Å²) in [5.74, 6) is -0.901. The lowest BCUT2D eigenvalue weighted by Crippen LogP contribution is -2.26. The Balaban J connectivity index is 2.46. The number of carbonyl (C=O) groups is 2. The van der Waals surface area contributed by atoms with Gasteiger partial charge in [0, 0.05) is 12.5 Å². The number of carbonyl (C=O) groups excluding carboxylic acids is 1. The van der Waals surface area contributed by atoms with E-state index in [-0.39, 0.29) is 24.3 Å². The van der Waals surface area contributed by atoms with Crippen molar-refractivity contribution in [1.82, 2.24) is 5.32 Å². The average Bonchev–Trinajstić information content (AvgIpc) is 2.09. The number of nitrogens with one attached hydrogen (secondary N) is 1. The van der Waals surface area contributed by atoms with E-state index in [1.54, 1.807) is 0 Å². The van der Waals surface area contributed by atoms with E-state index < -0.39 is 5.97 Å². The van der Waals surface area contributed by atoms with Crippen molar-refractivity contribution in [3.05, 3.63) is 0 Å². The summed E-state index contributed by atoms with van der Waals surface area (Å²) in [5.41, 5.74) is 0. The number of aliphatic carboxylic acids is 1. The number of hydrogen-bond acceptors (Lipinski definition) is 2. The lowest BCUT2D eigenvalue weighted by atomic mass is 9.98. The molecule has 0 aromatic rings. The summed E-state index contributed by atoms with van der Waals surface area (Å²) in [6.45, 7) is 1.83. The van der Waals surface area contributed by atoms with Crippen molar-refractivity contribution in [2.24, 2.45) is 5.92 Å². The molecule has 0 radical (unpaired) electrons. The van der Waals surface area contributed by atoms with Crippen molar-refractivity contribution >= 4 is 11.9 Å². The average molecular weight is 157 g/mol. The van der Waals surface area contributed by atoms with Crippen LogP contribution in [-0.2, 0) is 9.59 Å². The first kappa shape index (κ1) is 8.04. The smallest absolute Gasteiger partial charge is 0.303 e. The molecule has 4 heteroatoms. The highest BCUT2D eigenvalue weighted by Gasteiger charge is 2.30. The second kappa shape index (κ2) is 2.90. The first-order valence-electron chi connectivity index (χ1n) is 3.60. The number of carboxylic acid groups (broad SMARTS) is 1. The van der Waals surface area contributed by atoms with Crippen LogP contribution in [-0.4, -0.2) is 23.0 Å². The first-order valence-corrected chi connectivity index (χ1v) is 3.60. The predicted molar refractivity (Wildman–Crippen MR) is 38.0 cm³/mol. The lowest BCUT2D eigenvalue weighted by molar-refractivity contribution is -0.138. The van der Waals surface area contributed by atoms with Crippen molar-refractivity contribution in [2.45, 2.75) is 25.8 Å².